The maximum atomic E-state index is 12.3. The summed E-state index contributed by atoms with van der Waals surface area (Å²) in [5, 5.41) is 2.93. The van der Waals surface area contributed by atoms with Crippen LogP contribution in [-0.2, 0) is 16.1 Å². The van der Waals surface area contributed by atoms with Crippen LogP contribution in [0.4, 0.5) is 5.69 Å². The average Bonchev–Trinajstić information content (AvgIpc) is 2.54. The normalized spacial score (nSPS) is 17.6. The molecule has 1 amide bonds. The van der Waals surface area contributed by atoms with Crippen LogP contribution in [0.2, 0.25) is 0 Å². The number of anilines is 1. The Hall–Kier alpha value is -1.10. The molecule has 0 bridgehead atoms. The molecule has 24 heavy (non-hydrogen) atoms. The van der Waals surface area contributed by atoms with Crippen molar-refractivity contribution in [1.29, 1.82) is 0 Å². The Morgan fingerprint density at radius 1 is 1.33 bits per heavy atom. The topological polar surface area (TPSA) is 64.4 Å². The predicted octanol–water partition coefficient (Wildman–Crippen LogP) is 4.41. The molecule has 3 N–H and O–H groups in total. The minimum Gasteiger partial charge on any atom is -0.374 e. The maximum absolute atomic E-state index is 12.3. The van der Waals surface area contributed by atoms with E-state index in [1.54, 1.807) is 6.92 Å². The fraction of sp³-hybridized carbons (Fsp3) is 0.632. The van der Waals surface area contributed by atoms with E-state index in [0.717, 1.165) is 17.7 Å². The van der Waals surface area contributed by atoms with Crippen molar-refractivity contribution in [2.75, 3.05) is 5.32 Å². The van der Waals surface area contributed by atoms with Gasteiger partial charge < -0.3 is 15.8 Å². The Labute approximate surface area is 151 Å². The van der Waals surface area contributed by atoms with Gasteiger partial charge in [-0.1, -0.05) is 44.7 Å². The molecule has 1 aliphatic rings. The van der Waals surface area contributed by atoms with Crippen LogP contribution in [0.3, 0.4) is 0 Å². The van der Waals surface area contributed by atoms with Crippen LogP contribution < -0.4 is 11.1 Å². The molecule has 0 spiro atoms. The third-order valence-electron chi connectivity index (χ3n) is 4.51. The zero-order chi connectivity index (χ0) is 16.7. The van der Waals surface area contributed by atoms with Crippen LogP contribution in [0.1, 0.15) is 64.4 Å². The molecule has 1 saturated carbocycles. The van der Waals surface area contributed by atoms with E-state index < -0.39 is 5.54 Å². The summed E-state index contributed by atoms with van der Waals surface area (Å²) in [4.78, 5) is 12.3. The molecule has 5 heteroatoms. The van der Waals surface area contributed by atoms with Crippen LogP contribution in [0.25, 0.3) is 0 Å². The summed E-state index contributed by atoms with van der Waals surface area (Å²) in [6, 6.07) is 7.85. The van der Waals surface area contributed by atoms with Gasteiger partial charge in [0, 0.05) is 5.69 Å². The number of carbonyl (C=O) groups is 1. The van der Waals surface area contributed by atoms with Gasteiger partial charge in [-0.05, 0) is 43.9 Å². The van der Waals surface area contributed by atoms with Crippen molar-refractivity contribution in [1.82, 2.24) is 0 Å². The number of ether oxygens (including phenoxy) is 1. The highest BCUT2D eigenvalue weighted by Crippen LogP contribution is 2.22. The second kappa shape index (κ2) is 10.0. The number of carbonyl (C=O) groups excluding carboxylic acids is 1. The number of rotatable bonds is 7. The van der Waals surface area contributed by atoms with Crippen LogP contribution in [-0.4, -0.2) is 17.6 Å². The van der Waals surface area contributed by atoms with Crippen LogP contribution in [0.15, 0.2) is 24.3 Å². The van der Waals surface area contributed by atoms with Gasteiger partial charge in [-0.15, -0.1) is 12.4 Å². The zero-order valence-corrected chi connectivity index (χ0v) is 15.7. The van der Waals surface area contributed by atoms with E-state index in [4.69, 9.17) is 10.5 Å². The van der Waals surface area contributed by atoms with E-state index >= 15 is 0 Å². The summed E-state index contributed by atoms with van der Waals surface area (Å²) in [5.41, 5.74) is 7.12. The molecule has 1 fully saturated rings. The number of hydrogen-bond donors (Lipinski definition) is 2. The summed E-state index contributed by atoms with van der Waals surface area (Å²) < 4.78 is 6.00. The van der Waals surface area contributed by atoms with E-state index in [9.17, 15) is 4.79 Å². The molecule has 1 aliphatic carbocycles. The van der Waals surface area contributed by atoms with Crippen molar-refractivity contribution in [3.05, 3.63) is 29.8 Å². The summed E-state index contributed by atoms with van der Waals surface area (Å²) in [5.74, 6) is -0.135. The molecule has 2 rings (SSSR count). The molecule has 4 nitrogen and oxygen atoms in total. The van der Waals surface area contributed by atoms with Gasteiger partial charge in [-0.25, -0.2) is 0 Å². The van der Waals surface area contributed by atoms with Crippen molar-refractivity contribution >= 4 is 24.0 Å². The van der Waals surface area contributed by atoms with Gasteiger partial charge in [-0.3, -0.25) is 4.79 Å². The predicted molar refractivity (Wildman–Crippen MR) is 101 cm³/mol. The monoisotopic (exact) mass is 354 g/mol. The molecule has 136 valence electrons. The highest BCUT2D eigenvalue weighted by molar-refractivity contribution is 5.97. The molecular weight excluding hydrogens is 324 g/mol. The van der Waals surface area contributed by atoms with Gasteiger partial charge in [-0.2, -0.15) is 0 Å². The fourth-order valence-electron chi connectivity index (χ4n) is 3.09. The fourth-order valence-corrected chi connectivity index (χ4v) is 3.09. The Morgan fingerprint density at radius 3 is 2.71 bits per heavy atom. The largest absolute Gasteiger partial charge is 0.374 e. The van der Waals surface area contributed by atoms with Gasteiger partial charge in [0.2, 0.25) is 5.91 Å². The maximum Gasteiger partial charge on any atom is 0.244 e. The number of nitrogens with two attached hydrogens (primary N) is 1. The summed E-state index contributed by atoms with van der Waals surface area (Å²) >= 11 is 0. The third-order valence-corrected chi connectivity index (χ3v) is 4.51. The van der Waals surface area contributed by atoms with E-state index in [2.05, 4.69) is 5.32 Å². The lowest BCUT2D eigenvalue weighted by atomic mass is 9.96. The quantitative estimate of drug-likeness (QED) is 0.762. The summed E-state index contributed by atoms with van der Waals surface area (Å²) in [7, 11) is 0. The van der Waals surface area contributed by atoms with Gasteiger partial charge in [0.1, 0.15) is 0 Å². The summed E-state index contributed by atoms with van der Waals surface area (Å²) in [6.07, 6.45) is 8.15. The first kappa shape index (κ1) is 20.9. The molecule has 0 aliphatic heterocycles. The molecule has 1 aromatic rings. The van der Waals surface area contributed by atoms with Crippen molar-refractivity contribution in [2.45, 2.75) is 77.0 Å². The van der Waals surface area contributed by atoms with Crippen molar-refractivity contribution in [3.8, 4) is 0 Å². The number of halogens is 1. The smallest absolute Gasteiger partial charge is 0.244 e. The van der Waals surface area contributed by atoms with E-state index in [-0.39, 0.29) is 18.3 Å². The van der Waals surface area contributed by atoms with Crippen molar-refractivity contribution in [3.63, 3.8) is 0 Å². The number of hydrogen-bond acceptors (Lipinski definition) is 3. The Bertz CT molecular complexity index is 514. The highest BCUT2D eigenvalue weighted by atomic mass is 35.5. The lowest BCUT2D eigenvalue weighted by Gasteiger charge is -2.23. The highest BCUT2D eigenvalue weighted by Gasteiger charge is 2.27. The first-order chi connectivity index (χ1) is 11.0. The van der Waals surface area contributed by atoms with Gasteiger partial charge in [0.15, 0.2) is 0 Å². The van der Waals surface area contributed by atoms with Crippen LogP contribution in [0.5, 0.6) is 0 Å². The first-order valence-corrected chi connectivity index (χ1v) is 8.82. The van der Waals surface area contributed by atoms with Crippen LogP contribution in [0, 0.1) is 0 Å². The summed E-state index contributed by atoms with van der Waals surface area (Å²) in [6.45, 7) is 4.41. The SMILES string of the molecule is CCCC(C)(N)C(=O)Nc1cccc(COC2CCCCC2)c1.Cl. The number of amides is 1. The van der Waals surface area contributed by atoms with E-state index in [0.29, 0.717) is 19.1 Å². The van der Waals surface area contributed by atoms with Crippen LogP contribution >= 0.6 is 12.4 Å². The molecular formula is C19H31ClN2O2. The van der Waals surface area contributed by atoms with E-state index in [1.165, 1.54) is 32.1 Å². The zero-order valence-electron chi connectivity index (χ0n) is 14.8. The lowest BCUT2D eigenvalue weighted by Crippen LogP contribution is -2.48. The average molecular weight is 355 g/mol. The van der Waals surface area contributed by atoms with Crippen molar-refractivity contribution < 1.29 is 9.53 Å². The molecule has 1 aromatic carbocycles. The molecule has 0 radical (unpaired) electrons. The Morgan fingerprint density at radius 2 is 2.04 bits per heavy atom. The Kier molecular flexibility index (Phi) is 8.74. The molecule has 0 heterocycles. The van der Waals surface area contributed by atoms with E-state index in [1.807, 2.05) is 31.2 Å². The minimum absolute atomic E-state index is 0. The number of benzene rings is 1. The van der Waals surface area contributed by atoms with Gasteiger partial charge >= 0.3 is 0 Å². The molecule has 0 saturated heterocycles. The van der Waals surface area contributed by atoms with Crippen molar-refractivity contribution in [2.24, 2.45) is 5.73 Å². The minimum atomic E-state index is -0.830. The first-order valence-electron chi connectivity index (χ1n) is 8.82. The lowest BCUT2D eigenvalue weighted by molar-refractivity contribution is -0.120. The second-order valence-corrected chi connectivity index (χ2v) is 6.89. The molecule has 1 atom stereocenters. The van der Waals surface area contributed by atoms with Gasteiger partial charge in [0.05, 0.1) is 18.2 Å². The molecule has 1 unspecified atom stereocenters. The van der Waals surface area contributed by atoms with Gasteiger partial charge in [0.25, 0.3) is 0 Å². The molecule has 0 aromatic heterocycles. The third kappa shape index (κ3) is 6.42. The second-order valence-electron chi connectivity index (χ2n) is 6.89. The standard InChI is InChI=1S/C19H30N2O2.ClH/c1-3-12-19(2,20)18(22)21-16-9-7-8-15(13-16)14-23-17-10-5-4-6-11-17;/h7-9,13,17H,3-6,10-12,14,20H2,1-2H3,(H,21,22);1H. The Balaban J connectivity index is 0.00000288. The number of nitrogens with one attached hydrogen (secondary N) is 1.